The van der Waals surface area contributed by atoms with E-state index >= 15 is 0 Å². The Kier molecular flexibility index (Phi) is 2.88. The molecule has 0 spiro atoms. The minimum Gasteiger partial charge on any atom is -0.297 e. The quantitative estimate of drug-likeness (QED) is 0.718. The number of rotatable bonds is 2. The van der Waals surface area contributed by atoms with Crippen LogP contribution in [-0.2, 0) is 0 Å². The van der Waals surface area contributed by atoms with Crippen molar-refractivity contribution in [3.05, 3.63) is 46.1 Å². The van der Waals surface area contributed by atoms with Gasteiger partial charge in [0.2, 0.25) is 0 Å². The van der Waals surface area contributed by atoms with Gasteiger partial charge in [-0.3, -0.25) is 4.79 Å². The predicted molar refractivity (Wildman–Crippen MR) is 64.6 cm³/mol. The third kappa shape index (κ3) is 1.91. The highest BCUT2D eigenvalue weighted by Crippen LogP contribution is 2.32. The molecule has 1 nitrogen and oxygen atoms in total. The largest absolute Gasteiger partial charge is 0.297 e. The van der Waals surface area contributed by atoms with Crippen LogP contribution in [0.1, 0.15) is 20.8 Å². The Morgan fingerprint density at radius 1 is 1.19 bits per heavy atom. The van der Waals surface area contributed by atoms with Crippen molar-refractivity contribution in [3.8, 4) is 10.4 Å². The number of thiophene rings is 1. The molecule has 0 atom stereocenters. The molecule has 0 amide bonds. The summed E-state index contributed by atoms with van der Waals surface area (Å²) >= 11 is 1.44. The van der Waals surface area contributed by atoms with E-state index in [1.807, 2.05) is 19.1 Å². The lowest BCUT2D eigenvalue weighted by Gasteiger charge is -2.02. The number of hydrogen-bond acceptors (Lipinski definition) is 2. The molecule has 1 heterocycles. The Morgan fingerprint density at radius 3 is 2.50 bits per heavy atom. The Balaban J connectivity index is 2.53. The van der Waals surface area contributed by atoms with Crippen molar-refractivity contribution < 1.29 is 9.18 Å². The molecule has 0 N–H and O–H groups in total. The average molecular weight is 234 g/mol. The van der Waals surface area contributed by atoms with Crippen LogP contribution in [0, 0.1) is 19.7 Å². The Morgan fingerprint density at radius 2 is 1.94 bits per heavy atom. The molecule has 82 valence electrons. The number of hydrogen-bond donors (Lipinski definition) is 0. The van der Waals surface area contributed by atoms with Gasteiger partial charge in [-0.25, -0.2) is 4.39 Å². The first-order valence-corrected chi connectivity index (χ1v) is 5.75. The number of benzene rings is 1. The van der Waals surface area contributed by atoms with Crippen molar-refractivity contribution >= 4 is 17.6 Å². The molecular formula is C13H11FOS. The standard InChI is InChI=1S/C13H11FOS/c1-8-5-10(3-4-12(8)14)13-9(2)6-11(7-15)16-13/h3-7H,1-2H3. The van der Waals surface area contributed by atoms with E-state index in [1.54, 1.807) is 13.0 Å². The zero-order chi connectivity index (χ0) is 11.7. The van der Waals surface area contributed by atoms with Gasteiger partial charge in [0, 0.05) is 4.88 Å². The van der Waals surface area contributed by atoms with E-state index in [2.05, 4.69) is 0 Å². The minimum absolute atomic E-state index is 0.200. The van der Waals surface area contributed by atoms with Crippen LogP contribution in [0.15, 0.2) is 24.3 Å². The number of carbonyl (C=O) groups is 1. The molecule has 2 rings (SSSR count). The molecule has 2 aromatic rings. The van der Waals surface area contributed by atoms with Gasteiger partial charge in [0.05, 0.1) is 4.88 Å². The normalized spacial score (nSPS) is 10.4. The van der Waals surface area contributed by atoms with Crippen molar-refractivity contribution in [1.29, 1.82) is 0 Å². The van der Waals surface area contributed by atoms with Crippen molar-refractivity contribution in [2.45, 2.75) is 13.8 Å². The van der Waals surface area contributed by atoms with Crippen molar-refractivity contribution in [3.63, 3.8) is 0 Å². The van der Waals surface area contributed by atoms with Crippen LogP contribution in [-0.4, -0.2) is 6.29 Å². The van der Waals surface area contributed by atoms with Crippen molar-refractivity contribution in [2.24, 2.45) is 0 Å². The van der Waals surface area contributed by atoms with E-state index in [0.29, 0.717) is 10.4 Å². The molecule has 0 bridgehead atoms. The zero-order valence-corrected chi connectivity index (χ0v) is 9.90. The third-order valence-electron chi connectivity index (χ3n) is 2.47. The molecule has 0 aliphatic carbocycles. The maximum atomic E-state index is 13.1. The summed E-state index contributed by atoms with van der Waals surface area (Å²) in [7, 11) is 0. The highest BCUT2D eigenvalue weighted by atomic mass is 32.1. The highest BCUT2D eigenvalue weighted by molar-refractivity contribution is 7.17. The summed E-state index contributed by atoms with van der Waals surface area (Å²) in [6.07, 6.45) is 0.845. The fourth-order valence-electron chi connectivity index (χ4n) is 1.64. The summed E-state index contributed by atoms with van der Waals surface area (Å²) in [6.45, 7) is 3.69. The van der Waals surface area contributed by atoms with Gasteiger partial charge in [-0.05, 0) is 48.7 Å². The summed E-state index contributed by atoms with van der Waals surface area (Å²) in [5.41, 5.74) is 2.64. The maximum Gasteiger partial charge on any atom is 0.160 e. The first-order chi connectivity index (χ1) is 7.61. The van der Waals surface area contributed by atoms with Gasteiger partial charge in [-0.1, -0.05) is 6.07 Å². The Bertz CT molecular complexity index is 543. The first kappa shape index (κ1) is 11.0. The summed E-state index contributed by atoms with van der Waals surface area (Å²) in [5.74, 6) is -0.200. The summed E-state index contributed by atoms with van der Waals surface area (Å²) < 4.78 is 13.1. The minimum atomic E-state index is -0.200. The van der Waals surface area contributed by atoms with E-state index in [0.717, 1.165) is 22.3 Å². The number of aryl methyl sites for hydroxylation is 2. The summed E-state index contributed by atoms with van der Waals surface area (Å²) in [4.78, 5) is 12.4. The van der Waals surface area contributed by atoms with Gasteiger partial charge < -0.3 is 0 Å². The predicted octanol–water partition coefficient (Wildman–Crippen LogP) is 3.98. The topological polar surface area (TPSA) is 17.1 Å². The maximum absolute atomic E-state index is 13.1. The second kappa shape index (κ2) is 4.18. The average Bonchev–Trinajstić information content (AvgIpc) is 2.64. The Hall–Kier alpha value is -1.48. The molecule has 16 heavy (non-hydrogen) atoms. The third-order valence-corrected chi connectivity index (χ3v) is 3.68. The van der Waals surface area contributed by atoms with Crippen LogP contribution >= 0.6 is 11.3 Å². The van der Waals surface area contributed by atoms with Crippen molar-refractivity contribution in [1.82, 2.24) is 0 Å². The van der Waals surface area contributed by atoms with Gasteiger partial charge >= 0.3 is 0 Å². The second-order valence-electron chi connectivity index (χ2n) is 3.74. The van der Waals surface area contributed by atoms with E-state index in [4.69, 9.17) is 0 Å². The molecule has 0 saturated carbocycles. The SMILES string of the molecule is Cc1cc(-c2sc(C=O)cc2C)ccc1F. The first-order valence-electron chi connectivity index (χ1n) is 4.94. The molecule has 0 aliphatic heterocycles. The molecule has 1 aromatic carbocycles. The molecule has 0 aliphatic rings. The molecule has 3 heteroatoms. The van der Waals surface area contributed by atoms with Crippen molar-refractivity contribution in [2.75, 3.05) is 0 Å². The van der Waals surface area contributed by atoms with Crippen LogP contribution in [0.3, 0.4) is 0 Å². The zero-order valence-electron chi connectivity index (χ0n) is 9.08. The van der Waals surface area contributed by atoms with E-state index in [-0.39, 0.29) is 5.82 Å². The number of halogens is 1. The number of aldehydes is 1. The molecule has 0 radical (unpaired) electrons. The molecule has 0 unspecified atom stereocenters. The molecule has 0 saturated heterocycles. The fourth-order valence-corrected chi connectivity index (χ4v) is 2.62. The van der Waals surface area contributed by atoms with E-state index < -0.39 is 0 Å². The van der Waals surface area contributed by atoms with Gasteiger partial charge in [-0.2, -0.15) is 0 Å². The van der Waals surface area contributed by atoms with Crippen LogP contribution in [0.4, 0.5) is 4.39 Å². The lowest BCUT2D eigenvalue weighted by molar-refractivity contribution is 0.112. The highest BCUT2D eigenvalue weighted by Gasteiger charge is 2.08. The van der Waals surface area contributed by atoms with Gasteiger partial charge in [0.1, 0.15) is 5.82 Å². The second-order valence-corrected chi connectivity index (χ2v) is 4.83. The lowest BCUT2D eigenvalue weighted by atomic mass is 10.1. The van der Waals surface area contributed by atoms with Crippen LogP contribution in [0.2, 0.25) is 0 Å². The van der Waals surface area contributed by atoms with Crippen LogP contribution < -0.4 is 0 Å². The number of carbonyl (C=O) groups excluding carboxylic acids is 1. The van der Waals surface area contributed by atoms with E-state index in [9.17, 15) is 9.18 Å². The molecular weight excluding hydrogens is 223 g/mol. The van der Waals surface area contributed by atoms with Gasteiger partial charge in [0.15, 0.2) is 6.29 Å². The van der Waals surface area contributed by atoms with Crippen LogP contribution in [0.5, 0.6) is 0 Å². The molecule has 0 fully saturated rings. The monoisotopic (exact) mass is 234 g/mol. The summed E-state index contributed by atoms with van der Waals surface area (Å²) in [6, 6.07) is 6.87. The lowest BCUT2D eigenvalue weighted by Crippen LogP contribution is -1.83. The van der Waals surface area contributed by atoms with Crippen LogP contribution in [0.25, 0.3) is 10.4 Å². The smallest absolute Gasteiger partial charge is 0.160 e. The fraction of sp³-hybridized carbons (Fsp3) is 0.154. The summed E-state index contributed by atoms with van der Waals surface area (Å²) in [5, 5.41) is 0. The van der Waals surface area contributed by atoms with E-state index in [1.165, 1.54) is 17.4 Å². The molecule has 1 aromatic heterocycles. The Labute approximate surface area is 97.6 Å². The van der Waals surface area contributed by atoms with Gasteiger partial charge in [0.25, 0.3) is 0 Å². The van der Waals surface area contributed by atoms with Gasteiger partial charge in [-0.15, -0.1) is 11.3 Å².